The summed E-state index contributed by atoms with van der Waals surface area (Å²) in [6.45, 7) is 2.96. The summed E-state index contributed by atoms with van der Waals surface area (Å²) >= 11 is 12.9. The van der Waals surface area contributed by atoms with Gasteiger partial charge in [0.2, 0.25) is 0 Å². The van der Waals surface area contributed by atoms with E-state index in [1.165, 1.54) is 30.5 Å². The summed E-state index contributed by atoms with van der Waals surface area (Å²) < 4.78 is 17.6. The van der Waals surface area contributed by atoms with E-state index in [-0.39, 0.29) is 27.9 Å². The van der Waals surface area contributed by atoms with Crippen molar-refractivity contribution in [3.63, 3.8) is 0 Å². The second-order valence-electron chi connectivity index (χ2n) is 8.59. The molecule has 0 radical (unpaired) electrons. The number of hydrogen-bond donors (Lipinski definition) is 1. The Morgan fingerprint density at radius 1 is 0.878 bits per heavy atom. The first-order chi connectivity index (χ1) is 19.8. The minimum atomic E-state index is -0.544. The van der Waals surface area contributed by atoms with Crippen molar-refractivity contribution < 1.29 is 23.9 Å². The van der Waals surface area contributed by atoms with E-state index in [1.54, 1.807) is 12.1 Å². The van der Waals surface area contributed by atoms with Gasteiger partial charge in [0.05, 0.1) is 27.8 Å². The summed E-state index contributed by atoms with van der Waals surface area (Å²) in [7, 11) is 0. The maximum absolute atomic E-state index is 12.2. The van der Waals surface area contributed by atoms with Crippen molar-refractivity contribution in [2.75, 3.05) is 6.61 Å². The molecular weight excluding hydrogens is 569 g/mol. The lowest BCUT2D eigenvalue weighted by Crippen LogP contribution is -2.17. The van der Waals surface area contributed by atoms with Gasteiger partial charge in [-0.2, -0.15) is 5.10 Å². The van der Waals surface area contributed by atoms with Gasteiger partial charge in [-0.3, -0.25) is 14.9 Å². The Kier molecular flexibility index (Phi) is 10.1. The molecule has 4 aromatic carbocycles. The SMILES string of the molecule is CCOc1cc(COc2c(Cl)cc(/C=N/NC(=O)c3ccc([N+](=O)[O-])cc3)cc2Cl)ccc1OCc1ccccc1. The number of hydrazone groups is 1. The Labute approximate surface area is 246 Å². The van der Waals surface area contributed by atoms with Gasteiger partial charge in [-0.15, -0.1) is 0 Å². The number of hydrogen-bond acceptors (Lipinski definition) is 7. The maximum Gasteiger partial charge on any atom is 0.271 e. The molecule has 4 rings (SSSR count). The van der Waals surface area contributed by atoms with E-state index in [0.29, 0.717) is 36.0 Å². The first-order valence-corrected chi connectivity index (χ1v) is 13.2. The van der Waals surface area contributed by atoms with Gasteiger partial charge in [0.1, 0.15) is 13.2 Å². The summed E-state index contributed by atoms with van der Waals surface area (Å²) in [6.07, 6.45) is 1.37. The van der Waals surface area contributed by atoms with Gasteiger partial charge >= 0.3 is 0 Å². The van der Waals surface area contributed by atoms with Crippen LogP contribution in [-0.2, 0) is 13.2 Å². The highest BCUT2D eigenvalue weighted by Crippen LogP contribution is 2.35. The van der Waals surface area contributed by atoms with Crippen LogP contribution in [0, 0.1) is 10.1 Å². The van der Waals surface area contributed by atoms with Gasteiger partial charge in [-0.05, 0) is 60.0 Å². The molecule has 0 fully saturated rings. The van der Waals surface area contributed by atoms with Gasteiger partial charge in [-0.25, -0.2) is 5.43 Å². The number of amides is 1. The van der Waals surface area contributed by atoms with Crippen LogP contribution in [0.15, 0.2) is 90.0 Å². The number of nitrogens with zero attached hydrogens (tertiary/aromatic N) is 2. The molecule has 0 aliphatic carbocycles. The van der Waals surface area contributed by atoms with Crippen LogP contribution >= 0.6 is 23.2 Å². The van der Waals surface area contributed by atoms with Gasteiger partial charge < -0.3 is 14.2 Å². The number of nitro groups is 1. The van der Waals surface area contributed by atoms with Crippen molar-refractivity contribution in [2.45, 2.75) is 20.1 Å². The summed E-state index contributed by atoms with van der Waals surface area (Å²) in [5.41, 5.74) is 4.86. The third-order valence-corrected chi connectivity index (χ3v) is 6.23. The highest BCUT2D eigenvalue weighted by Gasteiger charge is 2.13. The number of rotatable bonds is 12. The fourth-order valence-electron chi connectivity index (χ4n) is 3.68. The Morgan fingerprint density at radius 3 is 2.22 bits per heavy atom. The van der Waals surface area contributed by atoms with E-state index < -0.39 is 10.8 Å². The van der Waals surface area contributed by atoms with E-state index in [0.717, 1.165) is 11.1 Å². The third-order valence-electron chi connectivity index (χ3n) is 5.67. The Morgan fingerprint density at radius 2 is 1.56 bits per heavy atom. The number of nitro benzene ring substituents is 1. The average molecular weight is 594 g/mol. The molecule has 41 heavy (non-hydrogen) atoms. The minimum Gasteiger partial charge on any atom is -0.490 e. The maximum atomic E-state index is 12.2. The lowest BCUT2D eigenvalue weighted by Gasteiger charge is -2.15. The van der Waals surface area contributed by atoms with Crippen LogP contribution in [0.1, 0.15) is 34.0 Å². The van der Waals surface area contributed by atoms with Crippen molar-refractivity contribution in [3.05, 3.63) is 127 Å². The summed E-state index contributed by atoms with van der Waals surface area (Å²) in [5, 5.41) is 15.2. The minimum absolute atomic E-state index is 0.115. The fraction of sp³-hybridized carbons (Fsp3) is 0.133. The number of non-ortho nitro benzene ring substituents is 1. The number of benzene rings is 4. The molecule has 0 bridgehead atoms. The highest BCUT2D eigenvalue weighted by atomic mass is 35.5. The zero-order chi connectivity index (χ0) is 29.2. The van der Waals surface area contributed by atoms with Gasteiger partial charge in [-0.1, -0.05) is 59.6 Å². The summed E-state index contributed by atoms with van der Waals surface area (Å²) in [4.78, 5) is 22.4. The Balaban J connectivity index is 1.37. The zero-order valence-corrected chi connectivity index (χ0v) is 23.4. The lowest BCUT2D eigenvalue weighted by atomic mass is 10.2. The largest absolute Gasteiger partial charge is 0.490 e. The summed E-state index contributed by atoms with van der Waals surface area (Å²) in [6, 6.07) is 23.8. The first kappa shape index (κ1) is 29.4. The average Bonchev–Trinajstić information content (AvgIpc) is 2.97. The third kappa shape index (κ3) is 8.20. The number of carbonyl (C=O) groups excluding carboxylic acids is 1. The Bertz CT molecular complexity index is 1520. The van der Waals surface area contributed by atoms with E-state index in [2.05, 4.69) is 10.5 Å². The highest BCUT2D eigenvalue weighted by molar-refractivity contribution is 6.37. The predicted octanol–water partition coefficient (Wildman–Crippen LogP) is 7.22. The van der Waals surface area contributed by atoms with Crippen molar-refractivity contribution in [1.82, 2.24) is 5.43 Å². The monoisotopic (exact) mass is 593 g/mol. The normalized spacial score (nSPS) is 10.8. The summed E-state index contributed by atoms with van der Waals surface area (Å²) in [5.74, 6) is 0.989. The van der Waals surface area contributed by atoms with Crippen LogP contribution in [0.2, 0.25) is 10.0 Å². The van der Waals surface area contributed by atoms with Gasteiger partial charge in [0.25, 0.3) is 11.6 Å². The fourth-order valence-corrected chi connectivity index (χ4v) is 4.29. The number of nitrogens with one attached hydrogen (secondary N) is 1. The molecule has 0 aliphatic rings. The molecule has 1 amide bonds. The second kappa shape index (κ2) is 14.2. The van der Waals surface area contributed by atoms with Gasteiger partial charge in [0, 0.05) is 17.7 Å². The lowest BCUT2D eigenvalue weighted by molar-refractivity contribution is -0.384. The number of carbonyl (C=O) groups is 1. The molecule has 0 spiro atoms. The molecule has 9 nitrogen and oxygen atoms in total. The zero-order valence-electron chi connectivity index (χ0n) is 21.9. The molecule has 0 atom stereocenters. The quantitative estimate of drug-likeness (QED) is 0.105. The van der Waals surface area contributed by atoms with Crippen LogP contribution in [0.5, 0.6) is 17.2 Å². The molecule has 0 unspecified atom stereocenters. The predicted molar refractivity (Wildman–Crippen MR) is 157 cm³/mol. The van der Waals surface area contributed by atoms with E-state index in [9.17, 15) is 14.9 Å². The van der Waals surface area contributed by atoms with Crippen molar-refractivity contribution in [1.29, 1.82) is 0 Å². The van der Waals surface area contributed by atoms with Crippen molar-refractivity contribution in [3.8, 4) is 17.2 Å². The van der Waals surface area contributed by atoms with E-state index in [4.69, 9.17) is 37.4 Å². The van der Waals surface area contributed by atoms with Gasteiger partial charge in [0.15, 0.2) is 17.2 Å². The molecule has 1 N–H and O–H groups in total. The molecule has 0 heterocycles. The molecule has 4 aromatic rings. The second-order valence-corrected chi connectivity index (χ2v) is 9.41. The smallest absolute Gasteiger partial charge is 0.271 e. The number of ether oxygens (including phenoxy) is 3. The van der Waals surface area contributed by atoms with Crippen molar-refractivity contribution >= 4 is 41.0 Å². The van der Waals surface area contributed by atoms with Crippen LogP contribution in [-0.4, -0.2) is 23.7 Å². The molecule has 0 aromatic heterocycles. The molecule has 0 saturated heterocycles. The molecule has 11 heteroatoms. The molecule has 210 valence electrons. The first-order valence-electron chi connectivity index (χ1n) is 12.5. The van der Waals surface area contributed by atoms with Crippen LogP contribution < -0.4 is 19.6 Å². The van der Waals surface area contributed by atoms with Crippen LogP contribution in [0.3, 0.4) is 0 Å². The van der Waals surface area contributed by atoms with E-state index >= 15 is 0 Å². The van der Waals surface area contributed by atoms with Crippen LogP contribution in [0.25, 0.3) is 0 Å². The topological polar surface area (TPSA) is 112 Å². The standard InChI is InChI=1S/C30H25Cl2N3O6/c1-2-39-28-16-21(8-13-27(28)40-18-20-6-4-3-5-7-20)19-41-29-25(31)14-22(15-26(29)32)17-33-34-30(36)23-9-11-24(12-10-23)35(37)38/h3-17H,2,18-19H2,1H3,(H,34,36)/b33-17+. The Hall–Kier alpha value is -4.60. The molecular formula is C30H25Cl2N3O6. The molecule has 0 saturated carbocycles. The number of halogens is 2. The molecule has 0 aliphatic heterocycles. The van der Waals surface area contributed by atoms with E-state index in [1.807, 2.05) is 55.5 Å². The van der Waals surface area contributed by atoms with Crippen molar-refractivity contribution in [2.24, 2.45) is 5.10 Å². The van der Waals surface area contributed by atoms with Crippen LogP contribution in [0.4, 0.5) is 5.69 Å².